The lowest BCUT2D eigenvalue weighted by atomic mass is 9.87. The molecule has 1 unspecified atom stereocenters. The van der Waals surface area contributed by atoms with Crippen LogP contribution in [0.4, 0.5) is 0 Å². The Labute approximate surface area is 319 Å². The Bertz CT molecular complexity index is 2430. The van der Waals surface area contributed by atoms with Crippen molar-refractivity contribution in [1.82, 2.24) is 54.9 Å². The summed E-state index contributed by atoms with van der Waals surface area (Å²) in [6.07, 6.45) is 9.28. The number of benzene rings is 2. The summed E-state index contributed by atoms with van der Waals surface area (Å²) >= 11 is 0. The van der Waals surface area contributed by atoms with Gasteiger partial charge in [0.25, 0.3) is 5.91 Å². The summed E-state index contributed by atoms with van der Waals surface area (Å²) < 4.78 is 5.47. The Kier molecular flexibility index (Phi) is 9.53. The van der Waals surface area contributed by atoms with Gasteiger partial charge in [-0.2, -0.15) is 10.2 Å². The number of aryl methyl sites for hydroxylation is 2. The Balaban J connectivity index is 0.874. The maximum atomic E-state index is 12.8. The molecule has 0 aliphatic carbocycles. The molecule has 2 saturated heterocycles. The first-order valence-electron chi connectivity index (χ1n) is 19.1. The number of fused-ring (bicyclic) bond motifs is 2. The number of likely N-dealkylation sites (tertiary alicyclic amines) is 1. The smallest absolute Gasteiger partial charge is 0.273 e. The number of nitrogens with one attached hydrogen (secondary N) is 2. The summed E-state index contributed by atoms with van der Waals surface area (Å²) in [6, 6.07) is 14.9. The second kappa shape index (κ2) is 14.5. The quantitative estimate of drug-likeness (QED) is 0.199. The van der Waals surface area contributed by atoms with Crippen LogP contribution in [0.3, 0.4) is 0 Å². The zero-order valence-corrected chi connectivity index (χ0v) is 32.0. The molecule has 8 rings (SSSR count). The molecule has 2 aliphatic heterocycles. The molecule has 2 fully saturated rings. The molecule has 0 bridgehead atoms. The highest BCUT2D eigenvalue weighted by molar-refractivity contribution is 6.02. The standard InChI is InChI=1S/C41H47N11O3/c1-25-18-29(6-7-30(25)21-42-40(55)33-23-52(48-46-33)41(2,3)4)37-35-19-26(22-51(35)44-24-43-37)12-15-50-16-13-27(14-17-50)28-8-9-31-34(20-28)49(5)47-38(31)32-10-11-36(53)45-39(32)54/h6-9,18-20,22-24,27,32H,10-17,21H2,1-5H3,(H,42,55)(H,45,53,54). The van der Waals surface area contributed by atoms with E-state index >= 15 is 0 Å². The lowest BCUT2D eigenvalue weighted by Crippen LogP contribution is -2.39. The number of aromatic nitrogens is 8. The summed E-state index contributed by atoms with van der Waals surface area (Å²) in [6.45, 7) is 11.5. The molecule has 55 heavy (non-hydrogen) atoms. The molecule has 2 aliphatic rings. The topological polar surface area (TPSA) is 157 Å². The number of piperidine rings is 2. The van der Waals surface area contributed by atoms with E-state index in [0.717, 1.165) is 83.4 Å². The number of hydrogen-bond donors (Lipinski definition) is 2. The van der Waals surface area contributed by atoms with E-state index < -0.39 is 5.92 Å². The molecule has 1 atom stereocenters. The van der Waals surface area contributed by atoms with Gasteiger partial charge >= 0.3 is 0 Å². The van der Waals surface area contributed by atoms with Gasteiger partial charge in [-0.1, -0.05) is 29.5 Å². The average Bonchev–Trinajstić information content (AvgIpc) is 3.91. The molecule has 14 nitrogen and oxygen atoms in total. The highest BCUT2D eigenvalue weighted by Gasteiger charge is 2.32. The van der Waals surface area contributed by atoms with Gasteiger partial charge in [0.05, 0.1) is 40.1 Å². The van der Waals surface area contributed by atoms with Crippen molar-refractivity contribution < 1.29 is 14.4 Å². The third kappa shape index (κ3) is 7.38. The first-order chi connectivity index (χ1) is 26.4. The molecular weight excluding hydrogens is 695 g/mol. The number of rotatable bonds is 9. The average molecular weight is 742 g/mol. The van der Waals surface area contributed by atoms with E-state index in [1.165, 1.54) is 11.1 Å². The van der Waals surface area contributed by atoms with Gasteiger partial charge in [-0.05, 0) is 113 Å². The fourth-order valence-electron chi connectivity index (χ4n) is 7.89. The molecule has 0 spiro atoms. The minimum Gasteiger partial charge on any atom is -0.347 e. The number of amides is 3. The number of nitrogens with zero attached hydrogens (tertiary/aromatic N) is 9. The van der Waals surface area contributed by atoms with Gasteiger partial charge in [0.1, 0.15) is 6.33 Å². The Morgan fingerprint density at radius 2 is 1.82 bits per heavy atom. The SMILES string of the molecule is Cc1cc(-c2ncnn3cc(CCN4CCC(c5ccc6c(C7CCC(=O)NC7=O)nn(C)c6c5)CC4)cc23)ccc1CNC(=O)c1cn(C(C)(C)C)nn1. The predicted octanol–water partition coefficient (Wildman–Crippen LogP) is 4.81. The number of carbonyl (C=O) groups excluding carboxylic acids is 3. The minimum atomic E-state index is -0.398. The lowest BCUT2D eigenvalue weighted by molar-refractivity contribution is -0.134. The molecule has 3 amide bonds. The third-order valence-corrected chi connectivity index (χ3v) is 11.2. The number of hydrogen-bond acceptors (Lipinski definition) is 9. The highest BCUT2D eigenvalue weighted by Crippen LogP contribution is 2.35. The molecule has 0 radical (unpaired) electrons. The summed E-state index contributed by atoms with van der Waals surface area (Å²) in [5.74, 6) is -0.657. The monoisotopic (exact) mass is 741 g/mol. The lowest BCUT2D eigenvalue weighted by Gasteiger charge is -2.32. The Hall–Kier alpha value is -5.76. The second-order valence-corrected chi connectivity index (χ2v) is 16.0. The summed E-state index contributed by atoms with van der Waals surface area (Å²) in [4.78, 5) is 44.2. The van der Waals surface area contributed by atoms with Crippen LogP contribution in [0, 0.1) is 6.92 Å². The van der Waals surface area contributed by atoms with E-state index in [0.29, 0.717) is 31.0 Å². The van der Waals surface area contributed by atoms with E-state index in [1.54, 1.807) is 17.2 Å². The summed E-state index contributed by atoms with van der Waals surface area (Å²) in [7, 11) is 1.93. The van der Waals surface area contributed by atoms with E-state index in [2.05, 4.69) is 72.5 Å². The molecule has 284 valence electrons. The Morgan fingerprint density at radius 3 is 2.56 bits per heavy atom. The van der Waals surface area contributed by atoms with Crippen LogP contribution in [0.25, 0.3) is 27.7 Å². The first kappa shape index (κ1) is 36.2. The van der Waals surface area contributed by atoms with E-state index in [-0.39, 0.29) is 23.3 Å². The normalized spacial score (nSPS) is 17.3. The van der Waals surface area contributed by atoms with Gasteiger partial charge < -0.3 is 10.2 Å². The van der Waals surface area contributed by atoms with E-state index in [4.69, 9.17) is 5.10 Å². The van der Waals surface area contributed by atoms with Crippen LogP contribution < -0.4 is 10.6 Å². The van der Waals surface area contributed by atoms with Crippen molar-refractivity contribution in [2.75, 3.05) is 19.6 Å². The van der Waals surface area contributed by atoms with Crippen LogP contribution >= 0.6 is 0 Å². The van der Waals surface area contributed by atoms with Crippen LogP contribution in [0.15, 0.2) is 61.2 Å². The van der Waals surface area contributed by atoms with Crippen LogP contribution in [-0.2, 0) is 35.1 Å². The second-order valence-electron chi connectivity index (χ2n) is 16.0. The predicted molar refractivity (Wildman–Crippen MR) is 207 cm³/mol. The van der Waals surface area contributed by atoms with Crippen LogP contribution in [-0.4, -0.2) is 81.6 Å². The largest absolute Gasteiger partial charge is 0.347 e. The first-order valence-corrected chi connectivity index (χ1v) is 19.1. The maximum Gasteiger partial charge on any atom is 0.273 e. The molecule has 14 heteroatoms. The molecule has 6 aromatic rings. The van der Waals surface area contributed by atoms with Gasteiger partial charge in [0, 0.05) is 43.7 Å². The zero-order chi connectivity index (χ0) is 38.4. The van der Waals surface area contributed by atoms with E-state index in [1.807, 2.05) is 56.1 Å². The van der Waals surface area contributed by atoms with Crippen LogP contribution in [0.1, 0.15) is 96.7 Å². The fourth-order valence-corrected chi connectivity index (χ4v) is 7.89. The molecule has 2 N–H and O–H groups in total. The van der Waals surface area contributed by atoms with Crippen molar-refractivity contribution in [2.45, 2.75) is 83.7 Å². The maximum absolute atomic E-state index is 12.8. The van der Waals surface area contributed by atoms with Crippen molar-refractivity contribution >= 4 is 34.1 Å². The van der Waals surface area contributed by atoms with Crippen molar-refractivity contribution in [1.29, 1.82) is 0 Å². The molecule has 6 heterocycles. The van der Waals surface area contributed by atoms with Gasteiger partial charge in [0.2, 0.25) is 11.8 Å². The minimum absolute atomic E-state index is 0.213. The highest BCUT2D eigenvalue weighted by atomic mass is 16.2. The van der Waals surface area contributed by atoms with Crippen LogP contribution in [0.2, 0.25) is 0 Å². The van der Waals surface area contributed by atoms with Crippen molar-refractivity contribution in [2.24, 2.45) is 7.05 Å². The number of imide groups is 1. The van der Waals surface area contributed by atoms with Gasteiger partial charge in [-0.15, -0.1) is 5.10 Å². The van der Waals surface area contributed by atoms with Gasteiger partial charge in [0.15, 0.2) is 5.69 Å². The van der Waals surface area contributed by atoms with Crippen molar-refractivity contribution in [3.8, 4) is 11.3 Å². The molecular formula is C41H47N11O3. The van der Waals surface area contributed by atoms with Gasteiger partial charge in [-0.25, -0.2) is 14.2 Å². The molecule has 0 saturated carbocycles. The van der Waals surface area contributed by atoms with Crippen molar-refractivity contribution in [3.05, 3.63) is 94.8 Å². The van der Waals surface area contributed by atoms with Gasteiger partial charge in [-0.3, -0.25) is 24.4 Å². The number of carbonyl (C=O) groups is 3. The molecule has 2 aromatic carbocycles. The summed E-state index contributed by atoms with van der Waals surface area (Å²) in [5.41, 5.74) is 9.25. The van der Waals surface area contributed by atoms with Crippen molar-refractivity contribution in [3.63, 3.8) is 0 Å². The molecule has 4 aromatic heterocycles. The fraction of sp³-hybridized carbons (Fsp3) is 0.415. The zero-order valence-electron chi connectivity index (χ0n) is 32.0. The van der Waals surface area contributed by atoms with Crippen LogP contribution in [0.5, 0.6) is 0 Å². The van der Waals surface area contributed by atoms with E-state index in [9.17, 15) is 14.4 Å². The summed E-state index contributed by atoms with van der Waals surface area (Å²) in [5, 5.41) is 23.8. The Morgan fingerprint density at radius 1 is 1.00 bits per heavy atom. The third-order valence-electron chi connectivity index (χ3n) is 11.2.